The summed E-state index contributed by atoms with van der Waals surface area (Å²) in [7, 11) is 0. The Morgan fingerprint density at radius 2 is 1.64 bits per heavy atom. The summed E-state index contributed by atoms with van der Waals surface area (Å²) in [5.41, 5.74) is 1.14. The van der Waals surface area contributed by atoms with Crippen molar-refractivity contribution in [1.29, 1.82) is 0 Å². The molecule has 0 saturated carbocycles. The molecule has 0 heterocycles. The topological polar surface area (TPSA) is 0 Å². The lowest BCUT2D eigenvalue weighted by molar-refractivity contribution is 0.939. The summed E-state index contributed by atoms with van der Waals surface area (Å²) in [5, 5.41) is 0.873. The third-order valence-electron chi connectivity index (χ3n) is 1.55. The van der Waals surface area contributed by atoms with Gasteiger partial charge in [0.25, 0.3) is 0 Å². The van der Waals surface area contributed by atoms with Crippen LogP contribution in [0.3, 0.4) is 0 Å². The fourth-order valence-corrected chi connectivity index (χ4v) is 1.13. The van der Waals surface area contributed by atoms with Crippen molar-refractivity contribution in [3.8, 4) is 0 Å². The highest BCUT2D eigenvalue weighted by Gasteiger charge is 2.00. The predicted octanol–water partition coefficient (Wildman–Crippen LogP) is 5.31. The van der Waals surface area contributed by atoms with Gasteiger partial charge in [-0.1, -0.05) is 70.5 Å². The summed E-state index contributed by atoms with van der Waals surface area (Å²) in [6.45, 7) is 12.1. The molecule has 1 heteroatoms. The quantitative estimate of drug-likeness (QED) is 0.513. The van der Waals surface area contributed by atoms with Crippen LogP contribution in [0, 0.1) is 5.92 Å². The molecule has 0 nitrogen and oxygen atoms in total. The molecule has 1 atom stereocenters. The summed E-state index contributed by atoms with van der Waals surface area (Å²) in [6.07, 6.45) is 8.25. The molecule has 0 aromatic heterocycles. The molecule has 1 aliphatic rings. The van der Waals surface area contributed by atoms with Crippen molar-refractivity contribution in [1.82, 2.24) is 0 Å². The van der Waals surface area contributed by atoms with Crippen LogP contribution in [-0.4, -0.2) is 0 Å². The number of rotatable bonds is 0. The molecule has 0 radical (unpaired) electrons. The average molecular weight is 215 g/mol. The van der Waals surface area contributed by atoms with E-state index >= 15 is 0 Å². The highest BCUT2D eigenvalue weighted by atomic mass is 35.5. The Morgan fingerprint density at radius 3 is 2.14 bits per heavy atom. The maximum atomic E-state index is 5.92. The van der Waals surface area contributed by atoms with E-state index in [1.807, 2.05) is 46.8 Å². The molecular weight excluding hydrogens is 192 g/mol. The lowest BCUT2D eigenvalue weighted by atomic mass is 10.1. The predicted molar refractivity (Wildman–Crippen MR) is 68.7 cm³/mol. The molecule has 0 aromatic carbocycles. The van der Waals surface area contributed by atoms with Crippen LogP contribution in [0.1, 0.15) is 41.5 Å². The van der Waals surface area contributed by atoms with Crippen LogP contribution < -0.4 is 0 Å². The van der Waals surface area contributed by atoms with Crippen molar-refractivity contribution in [2.24, 2.45) is 5.92 Å². The second kappa shape index (κ2) is 10.6. The zero-order valence-corrected chi connectivity index (χ0v) is 11.0. The summed E-state index contributed by atoms with van der Waals surface area (Å²) in [5.74, 6) is 0.459. The Bertz CT molecular complexity index is 209. The molecule has 0 saturated heterocycles. The van der Waals surface area contributed by atoms with Gasteiger partial charge >= 0.3 is 0 Å². The molecule has 1 unspecified atom stereocenters. The zero-order valence-electron chi connectivity index (χ0n) is 10.3. The first kappa shape index (κ1) is 16.0. The number of hydrogen-bond donors (Lipinski definition) is 0. The number of hydrogen-bond acceptors (Lipinski definition) is 0. The van der Waals surface area contributed by atoms with E-state index in [2.05, 4.69) is 19.1 Å². The molecule has 0 aromatic rings. The molecule has 82 valence electrons. The molecule has 0 aliphatic heterocycles. The second-order valence-electron chi connectivity index (χ2n) is 2.61. The van der Waals surface area contributed by atoms with E-state index in [0.717, 1.165) is 10.6 Å². The maximum Gasteiger partial charge on any atom is 0.0401 e. The van der Waals surface area contributed by atoms with Crippen LogP contribution in [0.2, 0.25) is 0 Å². The van der Waals surface area contributed by atoms with Crippen LogP contribution in [0.25, 0.3) is 0 Å². The van der Waals surface area contributed by atoms with Gasteiger partial charge in [0.05, 0.1) is 0 Å². The molecule has 0 bridgehead atoms. The van der Waals surface area contributed by atoms with Crippen molar-refractivity contribution in [3.63, 3.8) is 0 Å². The third kappa shape index (κ3) is 6.97. The third-order valence-corrected chi connectivity index (χ3v) is 1.97. The van der Waals surface area contributed by atoms with Gasteiger partial charge in [0.15, 0.2) is 0 Å². The van der Waals surface area contributed by atoms with Crippen LogP contribution in [-0.2, 0) is 0 Å². The minimum atomic E-state index is 0.459. The molecule has 0 spiro atoms. The largest absolute Gasteiger partial charge is 0.0844 e. The Balaban J connectivity index is 0. The first-order valence-corrected chi connectivity index (χ1v) is 5.80. The van der Waals surface area contributed by atoms with E-state index in [4.69, 9.17) is 11.6 Å². The van der Waals surface area contributed by atoms with Gasteiger partial charge in [-0.2, -0.15) is 0 Å². The van der Waals surface area contributed by atoms with Gasteiger partial charge in [-0.05, 0) is 18.4 Å². The molecule has 1 aliphatic carbocycles. The fourth-order valence-electron chi connectivity index (χ4n) is 0.873. The molecule has 1 rings (SSSR count). The fraction of sp³-hybridized carbons (Fsp3) is 0.538. The van der Waals surface area contributed by atoms with Gasteiger partial charge in [0, 0.05) is 5.03 Å². The minimum Gasteiger partial charge on any atom is -0.0844 e. The van der Waals surface area contributed by atoms with Crippen molar-refractivity contribution < 1.29 is 0 Å². The number of allylic oxidation sites excluding steroid dienone is 6. The highest BCUT2D eigenvalue weighted by Crippen LogP contribution is 2.20. The summed E-state index contributed by atoms with van der Waals surface area (Å²) in [4.78, 5) is 0. The monoisotopic (exact) mass is 214 g/mol. The molecule has 14 heavy (non-hydrogen) atoms. The Kier molecular flexibility index (Phi) is 12.1. The lowest BCUT2D eigenvalue weighted by Gasteiger charge is -1.97. The average Bonchev–Trinajstić information content (AvgIpc) is 2.36. The van der Waals surface area contributed by atoms with Crippen LogP contribution in [0.15, 0.2) is 34.9 Å². The Labute approximate surface area is 94.4 Å². The van der Waals surface area contributed by atoms with Gasteiger partial charge in [-0.25, -0.2) is 0 Å². The van der Waals surface area contributed by atoms with Crippen LogP contribution >= 0.6 is 11.6 Å². The van der Waals surface area contributed by atoms with Gasteiger partial charge in [0.2, 0.25) is 0 Å². The van der Waals surface area contributed by atoms with Gasteiger partial charge in [-0.3, -0.25) is 0 Å². The summed E-state index contributed by atoms with van der Waals surface area (Å²) in [6, 6.07) is 0. The number of halogens is 1. The van der Waals surface area contributed by atoms with E-state index < -0.39 is 0 Å². The van der Waals surface area contributed by atoms with Crippen LogP contribution in [0.5, 0.6) is 0 Å². The maximum absolute atomic E-state index is 5.92. The van der Waals surface area contributed by atoms with Crippen LogP contribution in [0.4, 0.5) is 0 Å². The van der Waals surface area contributed by atoms with E-state index in [9.17, 15) is 0 Å². The van der Waals surface area contributed by atoms with E-state index in [1.54, 1.807) is 0 Å². The van der Waals surface area contributed by atoms with E-state index in [-0.39, 0.29) is 0 Å². The second-order valence-corrected chi connectivity index (χ2v) is 3.02. The SMILES string of the molecule is CC.CC.CC1=CC=CC(C)C=C1Cl. The normalized spacial score (nSPS) is 18.9. The van der Waals surface area contributed by atoms with Crippen molar-refractivity contribution >= 4 is 11.6 Å². The van der Waals surface area contributed by atoms with Crippen molar-refractivity contribution in [2.75, 3.05) is 0 Å². The highest BCUT2D eigenvalue weighted by molar-refractivity contribution is 6.32. The molecule has 0 N–H and O–H groups in total. The zero-order chi connectivity index (χ0) is 11.6. The Morgan fingerprint density at radius 1 is 1.14 bits per heavy atom. The van der Waals surface area contributed by atoms with E-state index in [1.165, 1.54) is 0 Å². The Hall–Kier alpha value is -0.490. The first-order chi connectivity index (χ1) is 6.70. The van der Waals surface area contributed by atoms with Crippen molar-refractivity contribution in [3.05, 3.63) is 34.9 Å². The van der Waals surface area contributed by atoms with Gasteiger partial charge < -0.3 is 0 Å². The van der Waals surface area contributed by atoms with E-state index in [0.29, 0.717) is 5.92 Å². The molecular formula is C13H23Cl. The molecule has 0 amide bonds. The minimum absolute atomic E-state index is 0.459. The smallest absolute Gasteiger partial charge is 0.0401 e. The summed E-state index contributed by atoms with van der Waals surface area (Å²) >= 11 is 5.92. The van der Waals surface area contributed by atoms with Gasteiger partial charge in [-0.15, -0.1) is 0 Å². The first-order valence-electron chi connectivity index (χ1n) is 5.43. The summed E-state index contributed by atoms with van der Waals surface area (Å²) < 4.78 is 0. The lowest BCUT2D eigenvalue weighted by Crippen LogP contribution is -1.81. The molecule has 0 fully saturated rings. The van der Waals surface area contributed by atoms with Gasteiger partial charge in [0.1, 0.15) is 0 Å². The standard InChI is InChI=1S/C9H11Cl.2C2H6/c1-7-4-3-5-8(2)9(10)6-7;2*1-2/h3-7H,1-2H3;2*1-2H3. The van der Waals surface area contributed by atoms with Crippen molar-refractivity contribution in [2.45, 2.75) is 41.5 Å².